The van der Waals surface area contributed by atoms with Gasteiger partial charge in [-0.05, 0) is 50.7 Å². The van der Waals surface area contributed by atoms with Crippen molar-refractivity contribution in [2.45, 2.75) is 44.9 Å². The molecule has 0 bridgehead atoms. The molecule has 1 aliphatic heterocycles. The number of carbonyl (C=O) groups is 1. The van der Waals surface area contributed by atoms with E-state index in [0.29, 0.717) is 18.0 Å². The number of fused-ring (bicyclic) bond motifs is 1. The van der Waals surface area contributed by atoms with Crippen molar-refractivity contribution in [2.75, 3.05) is 24.5 Å². The van der Waals surface area contributed by atoms with E-state index in [9.17, 15) is 4.79 Å². The molecule has 0 atom stereocenters. The van der Waals surface area contributed by atoms with Gasteiger partial charge in [0.25, 0.3) is 5.91 Å². The smallest absolute Gasteiger partial charge is 0.254 e. The van der Waals surface area contributed by atoms with Crippen molar-refractivity contribution in [3.8, 4) is 0 Å². The van der Waals surface area contributed by atoms with E-state index in [-0.39, 0.29) is 5.91 Å². The zero-order valence-electron chi connectivity index (χ0n) is 15.4. The third-order valence-corrected chi connectivity index (χ3v) is 5.28. The highest BCUT2D eigenvalue weighted by molar-refractivity contribution is 5.94. The average molecular weight is 350 g/mol. The van der Waals surface area contributed by atoms with Crippen LogP contribution in [-0.4, -0.2) is 35.5 Å². The fourth-order valence-corrected chi connectivity index (χ4v) is 3.66. The maximum Gasteiger partial charge on any atom is 0.254 e. The normalized spacial score (nSPS) is 16.3. The van der Waals surface area contributed by atoms with Gasteiger partial charge in [0.15, 0.2) is 0 Å². The Kier molecular flexibility index (Phi) is 4.87. The summed E-state index contributed by atoms with van der Waals surface area (Å²) in [6.07, 6.45) is 7.33. The van der Waals surface area contributed by atoms with Gasteiger partial charge < -0.3 is 10.2 Å². The molecule has 0 saturated heterocycles. The number of nitrogens with zero attached hydrogens (tertiary/aromatic N) is 3. The Morgan fingerprint density at radius 3 is 2.96 bits per heavy atom. The second kappa shape index (κ2) is 7.44. The number of benzene rings is 1. The van der Waals surface area contributed by atoms with Gasteiger partial charge in [-0.3, -0.25) is 4.79 Å². The van der Waals surface area contributed by atoms with Gasteiger partial charge in [-0.25, -0.2) is 9.97 Å². The molecule has 0 unspecified atom stereocenters. The number of hydrogen-bond donors (Lipinski definition) is 1. The molecule has 5 nitrogen and oxygen atoms in total. The first-order valence-electron chi connectivity index (χ1n) is 9.67. The van der Waals surface area contributed by atoms with Gasteiger partial charge in [0.1, 0.15) is 5.82 Å². The van der Waals surface area contributed by atoms with Crippen LogP contribution in [-0.2, 0) is 6.42 Å². The Hall–Kier alpha value is -2.43. The minimum absolute atomic E-state index is 0.0658. The predicted octanol–water partition coefficient (Wildman–Crippen LogP) is 3.24. The number of nitrogens with one attached hydrogen (secondary N) is 1. The van der Waals surface area contributed by atoms with E-state index >= 15 is 0 Å². The molecule has 2 heterocycles. The monoisotopic (exact) mass is 350 g/mol. The van der Waals surface area contributed by atoms with E-state index in [0.717, 1.165) is 31.0 Å². The summed E-state index contributed by atoms with van der Waals surface area (Å²) in [5, 5.41) is 3.02. The lowest BCUT2D eigenvalue weighted by Gasteiger charge is -2.31. The zero-order chi connectivity index (χ0) is 17.9. The standard InChI is InChI=1S/C21H26N4O/c1-15-18(14-23-20(24-15)17-9-10-17)21(26)22-11-5-13-25-12-4-7-16-6-2-3-8-19(16)25/h2-3,6,8,14,17H,4-5,7,9-13H2,1H3,(H,22,26). The summed E-state index contributed by atoms with van der Waals surface area (Å²) >= 11 is 0. The van der Waals surface area contributed by atoms with Crippen LogP contribution in [0.1, 0.15) is 59.0 Å². The third-order valence-electron chi connectivity index (χ3n) is 5.28. The third kappa shape index (κ3) is 3.71. The van der Waals surface area contributed by atoms with Gasteiger partial charge in [0.05, 0.1) is 11.3 Å². The summed E-state index contributed by atoms with van der Waals surface area (Å²) in [6, 6.07) is 8.64. The summed E-state index contributed by atoms with van der Waals surface area (Å²) < 4.78 is 0. The lowest BCUT2D eigenvalue weighted by Crippen LogP contribution is -2.33. The lowest BCUT2D eigenvalue weighted by molar-refractivity contribution is 0.0952. The minimum Gasteiger partial charge on any atom is -0.371 e. The van der Waals surface area contributed by atoms with Gasteiger partial charge in [-0.15, -0.1) is 0 Å². The Balaban J connectivity index is 1.28. The van der Waals surface area contributed by atoms with Crippen molar-refractivity contribution >= 4 is 11.6 Å². The van der Waals surface area contributed by atoms with Crippen molar-refractivity contribution in [3.63, 3.8) is 0 Å². The molecule has 136 valence electrons. The summed E-state index contributed by atoms with van der Waals surface area (Å²) in [6.45, 7) is 4.63. The maximum atomic E-state index is 12.4. The van der Waals surface area contributed by atoms with Crippen LogP contribution in [0.5, 0.6) is 0 Å². The fraction of sp³-hybridized carbons (Fsp3) is 0.476. The quantitative estimate of drug-likeness (QED) is 0.813. The number of rotatable bonds is 6. The highest BCUT2D eigenvalue weighted by atomic mass is 16.1. The van der Waals surface area contributed by atoms with Crippen LogP contribution in [0, 0.1) is 6.92 Å². The van der Waals surface area contributed by atoms with Gasteiger partial charge in [-0.1, -0.05) is 18.2 Å². The molecule has 4 rings (SSSR count). The molecule has 1 saturated carbocycles. The second-order valence-electron chi connectivity index (χ2n) is 7.33. The molecular formula is C21H26N4O. The maximum absolute atomic E-state index is 12.4. The lowest BCUT2D eigenvalue weighted by atomic mass is 10.0. The summed E-state index contributed by atoms with van der Waals surface area (Å²) in [5.74, 6) is 1.34. The van der Waals surface area contributed by atoms with Gasteiger partial charge in [0, 0.05) is 37.4 Å². The molecule has 0 spiro atoms. The molecule has 1 aromatic carbocycles. The van der Waals surface area contributed by atoms with Crippen LogP contribution < -0.4 is 10.2 Å². The van der Waals surface area contributed by atoms with Crippen LogP contribution in [0.3, 0.4) is 0 Å². The van der Waals surface area contributed by atoms with Crippen LogP contribution in [0.2, 0.25) is 0 Å². The largest absolute Gasteiger partial charge is 0.371 e. The van der Waals surface area contributed by atoms with Crippen molar-refractivity contribution in [1.82, 2.24) is 15.3 Å². The van der Waals surface area contributed by atoms with E-state index in [1.54, 1.807) is 6.20 Å². The van der Waals surface area contributed by atoms with Gasteiger partial charge in [-0.2, -0.15) is 0 Å². The number of hydrogen-bond acceptors (Lipinski definition) is 4. The molecular weight excluding hydrogens is 324 g/mol. The van der Waals surface area contributed by atoms with Crippen molar-refractivity contribution in [1.29, 1.82) is 0 Å². The van der Waals surface area contributed by atoms with Gasteiger partial charge >= 0.3 is 0 Å². The average Bonchev–Trinajstić information content (AvgIpc) is 3.50. The van der Waals surface area contributed by atoms with Crippen LogP contribution in [0.15, 0.2) is 30.5 Å². The first-order chi connectivity index (χ1) is 12.7. The summed E-state index contributed by atoms with van der Waals surface area (Å²) in [4.78, 5) is 23.7. The highest BCUT2D eigenvalue weighted by Gasteiger charge is 2.27. The molecule has 26 heavy (non-hydrogen) atoms. The topological polar surface area (TPSA) is 58.1 Å². The molecule has 1 N–H and O–H groups in total. The summed E-state index contributed by atoms with van der Waals surface area (Å²) in [5.41, 5.74) is 4.17. The molecule has 2 aromatic rings. The molecule has 5 heteroatoms. The van der Waals surface area contributed by atoms with Crippen molar-refractivity contribution in [2.24, 2.45) is 0 Å². The predicted molar refractivity (Wildman–Crippen MR) is 103 cm³/mol. The Labute approximate surface area is 154 Å². The Bertz CT molecular complexity index is 800. The fourth-order valence-electron chi connectivity index (χ4n) is 3.66. The number of carbonyl (C=O) groups excluding carboxylic acids is 1. The van der Waals surface area contributed by atoms with Crippen LogP contribution in [0.4, 0.5) is 5.69 Å². The molecule has 1 aromatic heterocycles. The summed E-state index contributed by atoms with van der Waals surface area (Å²) in [7, 11) is 0. The van der Waals surface area contributed by atoms with Crippen molar-refractivity contribution in [3.05, 3.63) is 53.1 Å². The number of aromatic nitrogens is 2. The SMILES string of the molecule is Cc1nc(C2CC2)ncc1C(=O)NCCCN1CCCc2ccccc21. The second-order valence-corrected chi connectivity index (χ2v) is 7.33. The van der Waals surface area contributed by atoms with E-state index in [4.69, 9.17) is 0 Å². The van der Waals surface area contributed by atoms with E-state index < -0.39 is 0 Å². The Morgan fingerprint density at radius 1 is 1.31 bits per heavy atom. The van der Waals surface area contributed by atoms with Crippen molar-refractivity contribution < 1.29 is 4.79 Å². The Morgan fingerprint density at radius 2 is 2.15 bits per heavy atom. The first kappa shape index (κ1) is 17.0. The molecule has 1 amide bonds. The first-order valence-corrected chi connectivity index (χ1v) is 9.67. The number of para-hydroxylation sites is 1. The van der Waals surface area contributed by atoms with Crippen LogP contribution >= 0.6 is 0 Å². The molecule has 1 aliphatic carbocycles. The number of aryl methyl sites for hydroxylation is 2. The number of anilines is 1. The highest BCUT2D eigenvalue weighted by Crippen LogP contribution is 2.37. The molecule has 0 radical (unpaired) electrons. The van der Waals surface area contributed by atoms with Gasteiger partial charge in [0.2, 0.25) is 0 Å². The molecule has 2 aliphatic rings. The zero-order valence-corrected chi connectivity index (χ0v) is 15.4. The van der Waals surface area contributed by atoms with Crippen LogP contribution in [0.25, 0.3) is 0 Å². The van der Waals surface area contributed by atoms with E-state index in [1.165, 1.54) is 36.9 Å². The molecule has 1 fully saturated rings. The van der Waals surface area contributed by atoms with E-state index in [1.807, 2.05) is 6.92 Å². The van der Waals surface area contributed by atoms with E-state index in [2.05, 4.69) is 44.5 Å². The number of amides is 1. The minimum atomic E-state index is -0.0658.